The van der Waals surface area contributed by atoms with Crippen LogP contribution in [0.2, 0.25) is 0 Å². The van der Waals surface area contributed by atoms with Gasteiger partial charge in [-0.15, -0.1) is 10.2 Å². The zero-order valence-corrected chi connectivity index (χ0v) is 16.0. The number of nitrogens with zero attached hydrogens (tertiary/aromatic N) is 2. The molecule has 4 rings (SSSR count). The molecule has 0 unspecified atom stereocenters. The predicted octanol–water partition coefficient (Wildman–Crippen LogP) is 4.05. The van der Waals surface area contributed by atoms with Crippen molar-refractivity contribution in [2.24, 2.45) is 0 Å². The number of aryl methyl sites for hydroxylation is 1. The fraction of sp³-hybridized carbons (Fsp3) is 0.167. The van der Waals surface area contributed by atoms with E-state index in [4.69, 9.17) is 9.47 Å². The Morgan fingerprint density at radius 1 is 1.11 bits per heavy atom. The Hall–Kier alpha value is -2.78. The van der Waals surface area contributed by atoms with Gasteiger partial charge >= 0.3 is 0 Å². The number of fused-ring (bicyclic) bond motifs is 1. The summed E-state index contributed by atoms with van der Waals surface area (Å²) in [5.74, 6) is 1.44. The van der Waals surface area contributed by atoms with E-state index < -0.39 is 0 Å². The van der Waals surface area contributed by atoms with E-state index >= 15 is 0 Å². The maximum atomic E-state index is 12.2. The lowest BCUT2D eigenvalue weighted by atomic mass is 10.2. The van der Waals surface area contributed by atoms with Crippen molar-refractivity contribution in [3.8, 4) is 11.5 Å². The van der Waals surface area contributed by atoms with Gasteiger partial charge in [-0.05, 0) is 31.2 Å². The molecule has 0 bridgehead atoms. The Kier molecular flexibility index (Phi) is 5.12. The number of benzene rings is 2. The Labute approximate surface area is 164 Å². The van der Waals surface area contributed by atoms with Gasteiger partial charge < -0.3 is 20.1 Å². The van der Waals surface area contributed by atoms with Gasteiger partial charge in [0.2, 0.25) is 17.8 Å². The highest BCUT2D eigenvalue weighted by molar-refractivity contribution is 8.01. The van der Waals surface area contributed by atoms with Gasteiger partial charge in [0.1, 0.15) is 0 Å². The number of anilines is 3. The molecule has 1 aliphatic rings. The SMILES string of the molecule is Cc1ccc(Nc2nnc(SCC(=O)Nc3ccc4c(c3)OCO4)s2)cc1. The van der Waals surface area contributed by atoms with Crippen molar-refractivity contribution in [2.75, 3.05) is 23.2 Å². The number of nitrogens with one attached hydrogen (secondary N) is 2. The minimum absolute atomic E-state index is 0.123. The van der Waals surface area contributed by atoms with E-state index in [1.54, 1.807) is 18.2 Å². The Bertz CT molecular complexity index is 959. The molecule has 0 radical (unpaired) electrons. The highest BCUT2D eigenvalue weighted by Gasteiger charge is 2.14. The van der Waals surface area contributed by atoms with Crippen LogP contribution >= 0.6 is 23.1 Å². The second kappa shape index (κ2) is 7.85. The van der Waals surface area contributed by atoms with E-state index in [0.717, 1.165) is 10.0 Å². The smallest absolute Gasteiger partial charge is 0.234 e. The van der Waals surface area contributed by atoms with Crippen LogP contribution in [0.15, 0.2) is 46.8 Å². The van der Waals surface area contributed by atoms with Gasteiger partial charge in [-0.2, -0.15) is 0 Å². The number of thioether (sulfide) groups is 1. The molecule has 0 saturated carbocycles. The Morgan fingerprint density at radius 3 is 2.74 bits per heavy atom. The standard InChI is InChI=1S/C18H16N4O3S2/c1-11-2-4-12(5-3-11)20-17-21-22-18(27-17)26-9-16(23)19-13-6-7-14-15(8-13)25-10-24-14/h2-8H,9-10H2,1H3,(H,19,23)(H,20,21). The highest BCUT2D eigenvalue weighted by Crippen LogP contribution is 2.34. The van der Waals surface area contributed by atoms with Crippen molar-refractivity contribution in [1.29, 1.82) is 0 Å². The van der Waals surface area contributed by atoms with Crippen molar-refractivity contribution < 1.29 is 14.3 Å². The van der Waals surface area contributed by atoms with Crippen LogP contribution in [0.4, 0.5) is 16.5 Å². The Morgan fingerprint density at radius 2 is 1.89 bits per heavy atom. The molecule has 3 aromatic rings. The maximum absolute atomic E-state index is 12.2. The number of rotatable bonds is 6. The summed E-state index contributed by atoms with van der Waals surface area (Å²) in [5.41, 5.74) is 2.82. The first-order chi connectivity index (χ1) is 13.2. The fourth-order valence-corrected chi connectivity index (χ4v) is 3.95. The van der Waals surface area contributed by atoms with E-state index in [-0.39, 0.29) is 18.5 Å². The molecule has 138 valence electrons. The molecule has 2 N–H and O–H groups in total. The van der Waals surface area contributed by atoms with Crippen LogP contribution in [0.5, 0.6) is 11.5 Å². The lowest BCUT2D eigenvalue weighted by Crippen LogP contribution is -2.13. The minimum Gasteiger partial charge on any atom is -0.454 e. The fourth-order valence-electron chi connectivity index (χ4n) is 2.38. The molecule has 1 aromatic heterocycles. The van der Waals surface area contributed by atoms with Crippen molar-refractivity contribution in [2.45, 2.75) is 11.3 Å². The molecular weight excluding hydrogens is 384 g/mol. The lowest BCUT2D eigenvalue weighted by molar-refractivity contribution is -0.113. The number of hydrogen-bond donors (Lipinski definition) is 2. The predicted molar refractivity (Wildman–Crippen MR) is 106 cm³/mol. The first-order valence-corrected chi connectivity index (χ1v) is 9.95. The van der Waals surface area contributed by atoms with Gasteiger partial charge in [-0.25, -0.2) is 0 Å². The van der Waals surface area contributed by atoms with Gasteiger partial charge in [-0.1, -0.05) is 40.8 Å². The summed E-state index contributed by atoms with van der Waals surface area (Å²) in [7, 11) is 0. The number of ether oxygens (including phenoxy) is 2. The van der Waals surface area contributed by atoms with E-state index in [2.05, 4.69) is 20.8 Å². The van der Waals surface area contributed by atoms with E-state index in [0.29, 0.717) is 22.3 Å². The Balaban J connectivity index is 1.29. The average molecular weight is 400 g/mol. The molecular formula is C18H16N4O3S2. The van der Waals surface area contributed by atoms with Gasteiger partial charge in [0, 0.05) is 17.4 Å². The maximum Gasteiger partial charge on any atom is 0.234 e. The first kappa shape index (κ1) is 17.6. The summed E-state index contributed by atoms with van der Waals surface area (Å²) >= 11 is 2.75. The number of amides is 1. The molecule has 1 amide bonds. The van der Waals surface area contributed by atoms with Crippen molar-refractivity contribution in [3.05, 3.63) is 48.0 Å². The number of carbonyl (C=O) groups is 1. The van der Waals surface area contributed by atoms with Crippen LogP contribution in [0.25, 0.3) is 0 Å². The van der Waals surface area contributed by atoms with Gasteiger partial charge in [0.25, 0.3) is 0 Å². The highest BCUT2D eigenvalue weighted by atomic mass is 32.2. The molecule has 9 heteroatoms. The molecule has 27 heavy (non-hydrogen) atoms. The third kappa shape index (κ3) is 4.50. The van der Waals surface area contributed by atoms with Crippen LogP contribution in [0, 0.1) is 6.92 Å². The van der Waals surface area contributed by atoms with Gasteiger partial charge in [-0.3, -0.25) is 4.79 Å². The zero-order chi connectivity index (χ0) is 18.6. The summed E-state index contributed by atoms with van der Waals surface area (Å²) in [6, 6.07) is 13.3. The number of hydrogen-bond acceptors (Lipinski definition) is 8. The lowest BCUT2D eigenvalue weighted by Gasteiger charge is -2.05. The second-order valence-corrected chi connectivity index (χ2v) is 7.97. The molecule has 0 saturated heterocycles. The van der Waals surface area contributed by atoms with Crippen LogP contribution < -0.4 is 20.1 Å². The number of carbonyl (C=O) groups excluding carboxylic acids is 1. The third-order valence-electron chi connectivity index (χ3n) is 3.69. The molecule has 0 atom stereocenters. The molecule has 0 spiro atoms. The first-order valence-electron chi connectivity index (χ1n) is 8.15. The molecule has 0 fully saturated rings. The molecule has 7 nitrogen and oxygen atoms in total. The summed E-state index contributed by atoms with van der Waals surface area (Å²) in [4.78, 5) is 12.2. The summed E-state index contributed by atoms with van der Waals surface area (Å²) in [5, 5.41) is 15.0. The van der Waals surface area contributed by atoms with Crippen LogP contribution in [-0.2, 0) is 4.79 Å². The van der Waals surface area contributed by atoms with E-state index in [1.807, 2.05) is 31.2 Å². The molecule has 2 heterocycles. The summed E-state index contributed by atoms with van der Waals surface area (Å²) in [6.07, 6.45) is 0. The van der Waals surface area contributed by atoms with Crippen LogP contribution in [0.3, 0.4) is 0 Å². The van der Waals surface area contributed by atoms with Crippen molar-refractivity contribution >= 4 is 45.5 Å². The number of aromatic nitrogens is 2. The third-order valence-corrected chi connectivity index (χ3v) is 5.66. The van der Waals surface area contributed by atoms with E-state index in [1.165, 1.54) is 28.7 Å². The molecule has 0 aliphatic carbocycles. The molecule has 2 aromatic carbocycles. The van der Waals surface area contributed by atoms with Gasteiger partial charge in [0.15, 0.2) is 15.8 Å². The topological polar surface area (TPSA) is 85.4 Å². The van der Waals surface area contributed by atoms with Crippen molar-refractivity contribution in [1.82, 2.24) is 10.2 Å². The van der Waals surface area contributed by atoms with E-state index in [9.17, 15) is 4.79 Å². The minimum atomic E-state index is -0.123. The zero-order valence-electron chi connectivity index (χ0n) is 14.4. The largest absolute Gasteiger partial charge is 0.454 e. The molecule has 1 aliphatic heterocycles. The quantitative estimate of drug-likeness (QED) is 0.604. The van der Waals surface area contributed by atoms with Crippen molar-refractivity contribution in [3.63, 3.8) is 0 Å². The normalized spacial score (nSPS) is 12.0. The monoisotopic (exact) mass is 400 g/mol. The van der Waals surface area contributed by atoms with Gasteiger partial charge in [0.05, 0.1) is 5.75 Å². The second-order valence-electron chi connectivity index (χ2n) is 5.77. The summed E-state index contributed by atoms with van der Waals surface area (Å²) in [6.45, 7) is 2.25. The van der Waals surface area contributed by atoms with Crippen LogP contribution in [-0.4, -0.2) is 28.7 Å². The van der Waals surface area contributed by atoms with Crippen LogP contribution in [0.1, 0.15) is 5.56 Å². The average Bonchev–Trinajstić information content (AvgIpc) is 3.31. The summed E-state index contributed by atoms with van der Waals surface area (Å²) < 4.78 is 11.3.